The summed E-state index contributed by atoms with van der Waals surface area (Å²) in [6.07, 6.45) is 3.68. The second kappa shape index (κ2) is 8.22. The van der Waals surface area contributed by atoms with Crippen molar-refractivity contribution in [3.63, 3.8) is 0 Å². The molecule has 0 saturated carbocycles. The van der Waals surface area contributed by atoms with E-state index in [-0.39, 0.29) is 17.4 Å². The van der Waals surface area contributed by atoms with Gasteiger partial charge in [-0.25, -0.2) is 0 Å². The molecule has 3 N–H and O–H groups in total. The Balaban J connectivity index is 1.83. The highest BCUT2D eigenvalue weighted by molar-refractivity contribution is 6.12. The second-order valence-electron chi connectivity index (χ2n) is 8.01. The summed E-state index contributed by atoms with van der Waals surface area (Å²) in [6.45, 7) is 8.40. The molecule has 0 aliphatic carbocycles. The van der Waals surface area contributed by atoms with E-state index in [2.05, 4.69) is 34.4 Å². The van der Waals surface area contributed by atoms with Crippen LogP contribution in [0.5, 0.6) is 5.75 Å². The largest absolute Gasteiger partial charge is 0.497 e. The predicted molar refractivity (Wildman–Crippen MR) is 111 cm³/mol. The molecule has 7 heteroatoms. The zero-order valence-corrected chi connectivity index (χ0v) is 17.1. The molecule has 2 heterocycles. The fourth-order valence-electron chi connectivity index (χ4n) is 3.77. The molecule has 1 aromatic heterocycles. The number of carbonyl (C=O) groups is 2. The van der Waals surface area contributed by atoms with Gasteiger partial charge in [-0.05, 0) is 58.0 Å². The lowest BCUT2D eigenvalue weighted by atomic mass is 9.98. The highest BCUT2D eigenvalue weighted by atomic mass is 16.5. The molecular weight excluding hydrogens is 356 g/mol. The number of nitrogens with one attached hydrogen (secondary N) is 3. The van der Waals surface area contributed by atoms with Gasteiger partial charge in [0, 0.05) is 29.9 Å². The van der Waals surface area contributed by atoms with E-state index in [9.17, 15) is 9.59 Å². The van der Waals surface area contributed by atoms with Crippen LogP contribution in [0.15, 0.2) is 18.2 Å². The van der Waals surface area contributed by atoms with Gasteiger partial charge in [0.15, 0.2) is 0 Å². The lowest BCUT2D eigenvalue weighted by molar-refractivity contribution is -0.114. The van der Waals surface area contributed by atoms with Crippen molar-refractivity contribution in [1.29, 1.82) is 0 Å². The first kappa shape index (κ1) is 20.2. The highest BCUT2D eigenvalue weighted by Crippen LogP contribution is 2.31. The Morgan fingerprint density at radius 3 is 2.57 bits per heavy atom. The van der Waals surface area contributed by atoms with Crippen molar-refractivity contribution in [2.45, 2.75) is 45.6 Å². The number of carbonyl (C=O) groups excluding carboxylic acids is 2. The van der Waals surface area contributed by atoms with Crippen LogP contribution in [-0.4, -0.2) is 54.0 Å². The Hall–Kier alpha value is -2.54. The zero-order valence-electron chi connectivity index (χ0n) is 17.1. The summed E-state index contributed by atoms with van der Waals surface area (Å²) in [5.41, 5.74) is 1.48. The molecule has 1 aliphatic heterocycles. The van der Waals surface area contributed by atoms with E-state index in [1.807, 2.05) is 18.2 Å². The molecule has 1 saturated heterocycles. The number of hydrogen-bond donors (Lipinski definition) is 3. The summed E-state index contributed by atoms with van der Waals surface area (Å²) in [4.78, 5) is 30.2. The summed E-state index contributed by atoms with van der Waals surface area (Å²) in [5, 5.41) is 6.58. The van der Waals surface area contributed by atoms with Crippen LogP contribution in [0.3, 0.4) is 0 Å². The molecule has 28 heavy (non-hydrogen) atoms. The summed E-state index contributed by atoms with van der Waals surface area (Å²) < 4.78 is 5.28. The molecule has 152 valence electrons. The van der Waals surface area contributed by atoms with Crippen molar-refractivity contribution < 1.29 is 14.3 Å². The van der Waals surface area contributed by atoms with Gasteiger partial charge in [0.05, 0.1) is 12.8 Å². The normalized spacial score (nSPS) is 15.4. The van der Waals surface area contributed by atoms with Gasteiger partial charge in [-0.15, -0.1) is 0 Å². The first-order chi connectivity index (χ1) is 13.3. The number of H-pyrrole nitrogens is 1. The average molecular weight is 386 g/mol. The van der Waals surface area contributed by atoms with E-state index in [0.717, 1.165) is 24.0 Å². The van der Waals surface area contributed by atoms with Crippen LogP contribution < -0.4 is 15.4 Å². The Morgan fingerprint density at radius 1 is 1.21 bits per heavy atom. The number of aromatic amines is 1. The van der Waals surface area contributed by atoms with Gasteiger partial charge in [0.2, 0.25) is 5.91 Å². The maximum Gasteiger partial charge on any atom is 0.269 e. The number of rotatable bonds is 6. The third kappa shape index (κ3) is 4.30. The molecule has 1 aromatic carbocycles. The van der Waals surface area contributed by atoms with Gasteiger partial charge in [0.1, 0.15) is 11.4 Å². The summed E-state index contributed by atoms with van der Waals surface area (Å²) in [7, 11) is 1.59. The fourth-order valence-corrected chi connectivity index (χ4v) is 3.77. The molecule has 1 aliphatic rings. The quantitative estimate of drug-likeness (QED) is 0.712. The van der Waals surface area contributed by atoms with E-state index in [4.69, 9.17) is 4.74 Å². The molecule has 0 atom stereocenters. The monoisotopic (exact) mass is 386 g/mol. The maximum atomic E-state index is 13.0. The van der Waals surface area contributed by atoms with Crippen LogP contribution in [0.25, 0.3) is 10.9 Å². The highest BCUT2D eigenvalue weighted by Gasteiger charge is 2.29. The minimum absolute atomic E-state index is 0.126. The van der Waals surface area contributed by atoms with E-state index >= 15 is 0 Å². The van der Waals surface area contributed by atoms with Crippen LogP contribution in [0.2, 0.25) is 0 Å². The fraction of sp³-hybridized carbons (Fsp3) is 0.524. The number of nitrogens with zero attached hydrogens (tertiary/aromatic N) is 1. The first-order valence-electron chi connectivity index (χ1n) is 9.82. The van der Waals surface area contributed by atoms with Gasteiger partial charge < -0.3 is 20.4 Å². The van der Waals surface area contributed by atoms with E-state index in [1.165, 1.54) is 26.2 Å². The van der Waals surface area contributed by atoms with E-state index < -0.39 is 0 Å². The Labute approximate surface area is 165 Å². The van der Waals surface area contributed by atoms with Crippen molar-refractivity contribution in [1.82, 2.24) is 15.2 Å². The molecular formula is C21H30N4O3. The number of likely N-dealkylation sites (tertiary alicyclic amines) is 1. The molecule has 0 bridgehead atoms. The summed E-state index contributed by atoms with van der Waals surface area (Å²) in [6, 6.07) is 5.47. The van der Waals surface area contributed by atoms with Crippen molar-refractivity contribution in [3.8, 4) is 5.75 Å². The van der Waals surface area contributed by atoms with Crippen molar-refractivity contribution >= 4 is 28.4 Å². The Morgan fingerprint density at radius 2 is 1.93 bits per heavy atom. The minimum atomic E-state index is -0.232. The molecule has 1 fully saturated rings. The lowest BCUT2D eigenvalue weighted by Crippen LogP contribution is -2.53. The van der Waals surface area contributed by atoms with Gasteiger partial charge >= 0.3 is 0 Å². The smallest absolute Gasteiger partial charge is 0.269 e. The molecule has 3 rings (SSSR count). The third-order valence-corrected chi connectivity index (χ3v) is 5.43. The van der Waals surface area contributed by atoms with E-state index in [0.29, 0.717) is 23.7 Å². The van der Waals surface area contributed by atoms with Gasteiger partial charge in [-0.1, -0.05) is 6.42 Å². The summed E-state index contributed by atoms with van der Waals surface area (Å²) in [5.74, 6) is 0.201. The first-order valence-corrected chi connectivity index (χ1v) is 9.82. The Bertz CT molecular complexity index is 866. The van der Waals surface area contributed by atoms with Crippen molar-refractivity contribution in [2.75, 3.05) is 32.1 Å². The number of methoxy groups -OCH3 is 1. The third-order valence-electron chi connectivity index (χ3n) is 5.43. The number of aromatic nitrogens is 1. The molecule has 7 nitrogen and oxygen atoms in total. The maximum absolute atomic E-state index is 13.0. The number of amides is 2. The molecule has 0 radical (unpaired) electrons. The SMILES string of the molecule is COc1ccc2[nH]c(C(=O)NCC(C)(C)N3CCCCC3)c(NC(C)=O)c2c1. The molecule has 0 spiro atoms. The average Bonchev–Trinajstić information content (AvgIpc) is 3.04. The van der Waals surface area contributed by atoms with Crippen LogP contribution in [-0.2, 0) is 4.79 Å². The van der Waals surface area contributed by atoms with Crippen LogP contribution >= 0.6 is 0 Å². The lowest BCUT2D eigenvalue weighted by Gasteiger charge is -2.41. The van der Waals surface area contributed by atoms with Gasteiger partial charge in [-0.2, -0.15) is 0 Å². The standard InChI is InChI=1S/C21H30N4O3/c1-14(26)23-18-16-12-15(28-4)8-9-17(16)24-19(18)20(27)22-13-21(2,3)25-10-6-5-7-11-25/h8-9,12,24H,5-7,10-11,13H2,1-4H3,(H,22,27)(H,23,26). The molecule has 2 amide bonds. The van der Waals surface area contributed by atoms with Gasteiger partial charge in [-0.3, -0.25) is 14.5 Å². The number of ether oxygens (including phenoxy) is 1. The van der Waals surface area contributed by atoms with Gasteiger partial charge in [0.25, 0.3) is 5.91 Å². The van der Waals surface area contributed by atoms with Crippen LogP contribution in [0.4, 0.5) is 5.69 Å². The Kier molecular flexibility index (Phi) is 5.93. The zero-order chi connectivity index (χ0) is 20.3. The predicted octanol–water partition coefficient (Wildman–Crippen LogP) is 3.13. The number of hydrogen-bond acceptors (Lipinski definition) is 4. The van der Waals surface area contributed by atoms with Crippen LogP contribution in [0.1, 0.15) is 50.5 Å². The topological polar surface area (TPSA) is 86.5 Å². The van der Waals surface area contributed by atoms with E-state index in [1.54, 1.807) is 7.11 Å². The van der Waals surface area contributed by atoms with Crippen molar-refractivity contribution in [2.24, 2.45) is 0 Å². The number of piperidine rings is 1. The summed E-state index contributed by atoms with van der Waals surface area (Å²) >= 11 is 0. The van der Waals surface area contributed by atoms with Crippen LogP contribution in [0, 0.1) is 0 Å². The number of fused-ring (bicyclic) bond motifs is 1. The van der Waals surface area contributed by atoms with Crippen molar-refractivity contribution in [3.05, 3.63) is 23.9 Å². The second-order valence-corrected chi connectivity index (χ2v) is 8.01. The molecule has 0 unspecified atom stereocenters. The number of benzene rings is 1. The minimum Gasteiger partial charge on any atom is -0.497 e. The molecule has 2 aromatic rings. The number of anilines is 1.